The summed E-state index contributed by atoms with van der Waals surface area (Å²) in [6, 6.07) is 4.01. The minimum atomic E-state index is -4.60. The first-order chi connectivity index (χ1) is 15.5. The first-order valence-electron chi connectivity index (χ1n) is 11.5. The number of anilines is 1. The lowest BCUT2D eigenvalue weighted by atomic mass is 9.83. The molecule has 9 heteroatoms. The number of alkyl halides is 3. The molecule has 1 aromatic heterocycles. The molecule has 3 rings (SSSR count). The van der Waals surface area contributed by atoms with Crippen molar-refractivity contribution in [1.29, 1.82) is 0 Å². The SMILES string of the molecule is CCn1nc(C(=O)NCC2CCC(C)CC2)c(Cl)c1-c1ccc(NC(C)C)cc1C(F)(F)F. The Morgan fingerprint density at radius 2 is 1.91 bits per heavy atom. The molecule has 0 aliphatic heterocycles. The van der Waals surface area contributed by atoms with Crippen molar-refractivity contribution in [2.24, 2.45) is 11.8 Å². The van der Waals surface area contributed by atoms with Gasteiger partial charge in [0.25, 0.3) is 5.91 Å². The van der Waals surface area contributed by atoms with Crippen molar-refractivity contribution in [1.82, 2.24) is 15.1 Å². The molecule has 0 bridgehead atoms. The Labute approximate surface area is 198 Å². The monoisotopic (exact) mass is 484 g/mol. The fourth-order valence-corrected chi connectivity index (χ4v) is 4.66. The van der Waals surface area contributed by atoms with E-state index in [4.69, 9.17) is 11.6 Å². The van der Waals surface area contributed by atoms with Gasteiger partial charge in [-0.2, -0.15) is 18.3 Å². The van der Waals surface area contributed by atoms with Crippen molar-refractivity contribution in [3.63, 3.8) is 0 Å². The van der Waals surface area contributed by atoms with Crippen molar-refractivity contribution in [3.05, 3.63) is 34.5 Å². The van der Waals surface area contributed by atoms with E-state index in [1.54, 1.807) is 13.0 Å². The smallest absolute Gasteiger partial charge is 0.383 e. The summed E-state index contributed by atoms with van der Waals surface area (Å²) in [4.78, 5) is 12.8. The van der Waals surface area contributed by atoms with E-state index < -0.39 is 17.6 Å². The van der Waals surface area contributed by atoms with Crippen molar-refractivity contribution in [3.8, 4) is 11.3 Å². The van der Waals surface area contributed by atoms with Gasteiger partial charge >= 0.3 is 6.18 Å². The maximum absolute atomic E-state index is 14.0. The molecular formula is C24H32ClF3N4O. The highest BCUT2D eigenvalue weighted by molar-refractivity contribution is 6.36. The number of carbonyl (C=O) groups is 1. The summed E-state index contributed by atoms with van der Waals surface area (Å²) < 4.78 is 43.2. The van der Waals surface area contributed by atoms with E-state index in [0.29, 0.717) is 24.1 Å². The number of nitrogens with zero attached hydrogens (tertiary/aromatic N) is 2. The first kappa shape index (κ1) is 25.4. The Bertz CT molecular complexity index is 979. The number of aromatic nitrogens is 2. The highest BCUT2D eigenvalue weighted by Gasteiger charge is 2.36. The van der Waals surface area contributed by atoms with E-state index in [1.165, 1.54) is 10.7 Å². The number of aryl methyl sites for hydroxylation is 1. The zero-order valence-electron chi connectivity index (χ0n) is 19.5. The molecular weight excluding hydrogens is 453 g/mol. The van der Waals surface area contributed by atoms with Crippen LogP contribution in [-0.4, -0.2) is 28.3 Å². The van der Waals surface area contributed by atoms with Gasteiger partial charge in [-0.25, -0.2) is 0 Å². The minimum absolute atomic E-state index is 0.0237. The largest absolute Gasteiger partial charge is 0.417 e. The summed E-state index contributed by atoms with van der Waals surface area (Å²) >= 11 is 6.50. The van der Waals surface area contributed by atoms with Crippen LogP contribution in [0.1, 0.15) is 69.4 Å². The van der Waals surface area contributed by atoms with Crippen LogP contribution in [0.2, 0.25) is 5.02 Å². The maximum atomic E-state index is 14.0. The third-order valence-electron chi connectivity index (χ3n) is 6.13. The summed E-state index contributed by atoms with van der Waals surface area (Å²) in [5.41, 5.74) is -0.515. The molecule has 1 aliphatic rings. The number of hydrogen-bond acceptors (Lipinski definition) is 3. The Hall–Kier alpha value is -2.22. The summed E-state index contributed by atoms with van der Waals surface area (Å²) in [5, 5.41) is 10.1. The summed E-state index contributed by atoms with van der Waals surface area (Å²) in [5.74, 6) is 0.646. The van der Waals surface area contributed by atoms with E-state index in [2.05, 4.69) is 22.7 Å². The maximum Gasteiger partial charge on any atom is 0.417 e. The van der Waals surface area contributed by atoms with Crippen LogP contribution >= 0.6 is 11.6 Å². The van der Waals surface area contributed by atoms with E-state index in [-0.39, 0.29) is 34.6 Å². The summed E-state index contributed by atoms with van der Waals surface area (Å²) in [7, 11) is 0. The van der Waals surface area contributed by atoms with Crippen LogP contribution in [0.4, 0.5) is 18.9 Å². The lowest BCUT2D eigenvalue weighted by Gasteiger charge is -2.26. The summed E-state index contributed by atoms with van der Waals surface area (Å²) in [6.07, 6.45) is -0.225. The molecule has 2 N–H and O–H groups in total. The number of hydrogen-bond donors (Lipinski definition) is 2. The van der Waals surface area contributed by atoms with Crippen LogP contribution in [0.25, 0.3) is 11.3 Å². The third kappa shape index (κ3) is 6.02. The second-order valence-corrected chi connectivity index (χ2v) is 9.60. The van der Waals surface area contributed by atoms with Gasteiger partial charge in [-0.05, 0) is 57.6 Å². The van der Waals surface area contributed by atoms with Crippen molar-refractivity contribution in [2.75, 3.05) is 11.9 Å². The molecule has 0 spiro atoms. The van der Waals surface area contributed by atoms with Crippen molar-refractivity contribution < 1.29 is 18.0 Å². The van der Waals surface area contributed by atoms with Gasteiger partial charge in [0, 0.05) is 30.4 Å². The number of nitrogens with one attached hydrogen (secondary N) is 2. The van der Waals surface area contributed by atoms with Gasteiger partial charge in [-0.15, -0.1) is 0 Å². The van der Waals surface area contributed by atoms with E-state index in [9.17, 15) is 18.0 Å². The zero-order chi connectivity index (χ0) is 24.3. The molecule has 1 saturated carbocycles. The molecule has 33 heavy (non-hydrogen) atoms. The molecule has 1 amide bonds. The van der Waals surface area contributed by atoms with E-state index in [0.717, 1.165) is 31.7 Å². The number of benzene rings is 1. The van der Waals surface area contributed by atoms with Crippen LogP contribution in [0.3, 0.4) is 0 Å². The van der Waals surface area contributed by atoms with Gasteiger partial charge in [-0.1, -0.05) is 37.4 Å². The third-order valence-corrected chi connectivity index (χ3v) is 6.49. The van der Waals surface area contributed by atoms with Crippen LogP contribution in [0.15, 0.2) is 18.2 Å². The molecule has 0 atom stereocenters. The molecule has 1 fully saturated rings. The topological polar surface area (TPSA) is 59.0 Å². The molecule has 5 nitrogen and oxygen atoms in total. The quantitative estimate of drug-likeness (QED) is 0.464. The second kappa shape index (κ2) is 10.4. The Kier molecular flexibility index (Phi) is 7.98. The van der Waals surface area contributed by atoms with Crippen LogP contribution in [-0.2, 0) is 12.7 Å². The molecule has 182 valence electrons. The van der Waals surface area contributed by atoms with E-state index >= 15 is 0 Å². The lowest BCUT2D eigenvalue weighted by molar-refractivity contribution is -0.137. The average molecular weight is 485 g/mol. The van der Waals surface area contributed by atoms with Gasteiger partial charge in [0.1, 0.15) is 0 Å². The van der Waals surface area contributed by atoms with Crippen LogP contribution < -0.4 is 10.6 Å². The van der Waals surface area contributed by atoms with Gasteiger partial charge < -0.3 is 10.6 Å². The predicted molar refractivity (Wildman–Crippen MR) is 126 cm³/mol. The highest BCUT2D eigenvalue weighted by Crippen LogP contribution is 2.42. The highest BCUT2D eigenvalue weighted by atomic mass is 35.5. The Morgan fingerprint density at radius 1 is 1.24 bits per heavy atom. The zero-order valence-corrected chi connectivity index (χ0v) is 20.3. The number of rotatable bonds is 7. The Morgan fingerprint density at radius 3 is 2.48 bits per heavy atom. The van der Waals surface area contributed by atoms with Crippen LogP contribution in [0, 0.1) is 11.8 Å². The van der Waals surface area contributed by atoms with Gasteiger partial charge in [0.15, 0.2) is 5.69 Å². The first-order valence-corrected chi connectivity index (χ1v) is 11.9. The van der Waals surface area contributed by atoms with Crippen molar-refractivity contribution in [2.45, 2.75) is 72.1 Å². The molecule has 1 aromatic carbocycles. The molecule has 0 saturated heterocycles. The van der Waals surface area contributed by atoms with Crippen molar-refractivity contribution >= 4 is 23.2 Å². The lowest BCUT2D eigenvalue weighted by Crippen LogP contribution is -2.31. The van der Waals surface area contributed by atoms with Gasteiger partial charge in [0.05, 0.1) is 16.3 Å². The standard InChI is InChI=1S/C24H32ClF3N4O/c1-5-32-22(18-11-10-17(30-14(2)3)12-19(18)24(26,27)28)20(25)21(31-32)23(33)29-13-16-8-6-15(4)7-9-16/h10-12,14-16,30H,5-9,13H2,1-4H3,(H,29,33). The fourth-order valence-electron chi connectivity index (χ4n) is 4.33. The Balaban J connectivity index is 1.92. The number of amides is 1. The van der Waals surface area contributed by atoms with Crippen LogP contribution in [0.5, 0.6) is 0 Å². The number of carbonyl (C=O) groups excluding carboxylic acids is 1. The second-order valence-electron chi connectivity index (χ2n) is 9.22. The molecule has 1 aliphatic carbocycles. The summed E-state index contributed by atoms with van der Waals surface area (Å²) in [6.45, 7) is 8.46. The molecule has 1 heterocycles. The van der Waals surface area contributed by atoms with Gasteiger partial charge in [-0.3, -0.25) is 9.48 Å². The predicted octanol–water partition coefficient (Wildman–Crippen LogP) is 6.62. The molecule has 0 radical (unpaired) electrons. The molecule has 2 aromatic rings. The number of halogens is 4. The minimum Gasteiger partial charge on any atom is -0.383 e. The molecule has 0 unspecified atom stereocenters. The average Bonchev–Trinajstić information content (AvgIpc) is 3.08. The fraction of sp³-hybridized carbons (Fsp3) is 0.583. The van der Waals surface area contributed by atoms with Gasteiger partial charge in [0.2, 0.25) is 0 Å². The normalized spacial score (nSPS) is 19.1. The van der Waals surface area contributed by atoms with E-state index in [1.807, 2.05) is 13.8 Å².